The third-order valence-corrected chi connectivity index (χ3v) is 5.27. The van der Waals surface area contributed by atoms with E-state index < -0.39 is 4.92 Å². The molecule has 3 aromatic rings. The second-order valence-corrected chi connectivity index (χ2v) is 7.17. The Hall–Kier alpha value is -2.71. The lowest BCUT2D eigenvalue weighted by Gasteiger charge is -2.13. The van der Waals surface area contributed by atoms with Crippen molar-refractivity contribution in [1.29, 1.82) is 0 Å². The monoisotopic (exact) mass is 373 g/mol. The molecule has 0 radical (unpaired) electrons. The Morgan fingerprint density at radius 3 is 2.69 bits per heavy atom. The first kappa shape index (κ1) is 18.1. The highest BCUT2D eigenvalue weighted by Crippen LogP contribution is 2.36. The molecule has 0 saturated carbocycles. The van der Waals surface area contributed by atoms with E-state index in [0.717, 1.165) is 6.54 Å². The van der Waals surface area contributed by atoms with Crippen LogP contribution in [0.15, 0.2) is 35.1 Å². The number of fused-ring (bicyclic) bond motifs is 2. The van der Waals surface area contributed by atoms with E-state index in [1.54, 1.807) is 24.3 Å². The van der Waals surface area contributed by atoms with Crippen LogP contribution in [-0.4, -0.2) is 44.1 Å². The summed E-state index contributed by atoms with van der Waals surface area (Å²) in [5.74, 6) is 0.577. The van der Waals surface area contributed by atoms with Gasteiger partial charge in [-0.1, -0.05) is 0 Å². The molecule has 0 atom stereocenters. The molecule has 2 aromatic carbocycles. The Kier molecular flexibility index (Phi) is 5.06. The average molecular weight is 373 g/mol. The Morgan fingerprint density at radius 1 is 1.27 bits per heavy atom. The molecule has 1 heterocycles. The van der Waals surface area contributed by atoms with E-state index in [0.29, 0.717) is 38.2 Å². The lowest BCUT2D eigenvalue weighted by Crippen LogP contribution is -2.21. The van der Waals surface area contributed by atoms with Gasteiger partial charge in [0.1, 0.15) is 10.4 Å². The van der Waals surface area contributed by atoms with Gasteiger partial charge in [0.05, 0.1) is 17.4 Å². The molecular weight excluding hydrogens is 354 g/mol. The van der Waals surface area contributed by atoms with Crippen LogP contribution in [-0.2, 0) is 0 Å². The minimum atomic E-state index is -0.447. The van der Waals surface area contributed by atoms with Crippen molar-refractivity contribution in [3.63, 3.8) is 0 Å². The SMILES string of the molecule is COc1ccc2sc3c([N+](=O)[O-])ccc(NCCN(C)C)c3c(=O)c2c1. The van der Waals surface area contributed by atoms with E-state index in [1.807, 2.05) is 19.0 Å². The van der Waals surface area contributed by atoms with Crippen LogP contribution in [0.3, 0.4) is 0 Å². The van der Waals surface area contributed by atoms with Gasteiger partial charge in [0.2, 0.25) is 0 Å². The molecule has 0 bridgehead atoms. The number of nitro groups is 1. The van der Waals surface area contributed by atoms with Crippen molar-refractivity contribution >= 4 is 42.9 Å². The number of methoxy groups -OCH3 is 1. The Labute approximate surface area is 154 Å². The van der Waals surface area contributed by atoms with E-state index >= 15 is 0 Å². The van der Waals surface area contributed by atoms with Gasteiger partial charge in [-0.05, 0) is 38.4 Å². The topological polar surface area (TPSA) is 84.7 Å². The van der Waals surface area contributed by atoms with E-state index in [-0.39, 0.29) is 11.1 Å². The molecule has 8 heteroatoms. The zero-order chi connectivity index (χ0) is 18.8. The number of hydrogen-bond acceptors (Lipinski definition) is 7. The number of ether oxygens (including phenoxy) is 1. The number of anilines is 1. The predicted octanol–water partition coefficient (Wildman–Crippen LogP) is 3.31. The minimum absolute atomic E-state index is 0.0574. The highest BCUT2D eigenvalue weighted by Gasteiger charge is 2.20. The number of nitrogens with one attached hydrogen (secondary N) is 1. The number of hydrogen-bond donors (Lipinski definition) is 1. The van der Waals surface area contributed by atoms with Crippen molar-refractivity contribution in [1.82, 2.24) is 4.90 Å². The quantitative estimate of drug-likeness (QED) is 0.405. The van der Waals surface area contributed by atoms with Crippen LogP contribution in [0.2, 0.25) is 0 Å². The number of rotatable bonds is 6. The molecule has 0 unspecified atom stereocenters. The fourth-order valence-electron chi connectivity index (χ4n) is 2.75. The van der Waals surface area contributed by atoms with Crippen LogP contribution in [0.5, 0.6) is 5.75 Å². The zero-order valence-electron chi connectivity index (χ0n) is 14.7. The molecule has 7 nitrogen and oxygen atoms in total. The van der Waals surface area contributed by atoms with Gasteiger partial charge in [0, 0.05) is 34.9 Å². The molecule has 3 rings (SSSR count). The summed E-state index contributed by atoms with van der Waals surface area (Å²) in [5.41, 5.74) is 0.320. The number of benzene rings is 2. The van der Waals surface area contributed by atoms with Crippen LogP contribution < -0.4 is 15.5 Å². The smallest absolute Gasteiger partial charge is 0.287 e. The van der Waals surface area contributed by atoms with E-state index in [2.05, 4.69) is 5.32 Å². The molecule has 1 aromatic heterocycles. The summed E-state index contributed by atoms with van der Waals surface area (Å²) >= 11 is 1.25. The Morgan fingerprint density at radius 2 is 2.04 bits per heavy atom. The van der Waals surface area contributed by atoms with Crippen molar-refractivity contribution in [2.45, 2.75) is 0 Å². The maximum Gasteiger partial charge on any atom is 0.287 e. The first-order valence-electron chi connectivity index (χ1n) is 8.03. The molecule has 0 amide bonds. The molecular formula is C18H19N3O4S. The van der Waals surface area contributed by atoms with E-state index in [9.17, 15) is 14.9 Å². The van der Waals surface area contributed by atoms with E-state index in [4.69, 9.17) is 4.74 Å². The molecule has 1 N–H and O–H groups in total. The van der Waals surface area contributed by atoms with Crippen LogP contribution in [0.4, 0.5) is 11.4 Å². The standard InChI is InChI=1S/C18H19N3O4S/c1-20(2)9-8-19-13-5-6-14(21(23)24)18-16(13)17(22)12-10-11(25-3)4-7-15(12)26-18/h4-7,10,19H,8-9H2,1-3H3. The molecule has 0 fully saturated rings. The van der Waals surface area contributed by atoms with Gasteiger partial charge in [-0.25, -0.2) is 0 Å². The summed E-state index contributed by atoms with van der Waals surface area (Å²) in [5, 5.41) is 15.5. The van der Waals surface area contributed by atoms with E-state index in [1.165, 1.54) is 24.5 Å². The van der Waals surface area contributed by atoms with Gasteiger partial charge in [-0.2, -0.15) is 0 Å². The van der Waals surface area contributed by atoms with Crippen molar-refractivity contribution < 1.29 is 9.66 Å². The maximum atomic E-state index is 13.1. The second kappa shape index (κ2) is 7.27. The molecule has 0 spiro atoms. The number of likely N-dealkylation sites (N-methyl/N-ethyl adjacent to an activating group) is 1. The highest BCUT2D eigenvalue weighted by atomic mass is 32.1. The van der Waals surface area contributed by atoms with Crippen LogP contribution >= 0.6 is 11.3 Å². The fraction of sp³-hybridized carbons (Fsp3) is 0.278. The Balaban J connectivity index is 2.28. The number of nitro benzene ring substituents is 1. The molecule has 0 aliphatic rings. The van der Waals surface area contributed by atoms with Gasteiger partial charge in [-0.3, -0.25) is 14.9 Å². The fourth-order valence-corrected chi connectivity index (χ4v) is 3.92. The first-order chi connectivity index (χ1) is 12.4. The predicted molar refractivity (Wildman–Crippen MR) is 106 cm³/mol. The first-order valence-corrected chi connectivity index (χ1v) is 8.84. The molecule has 0 aliphatic carbocycles. The normalized spacial score (nSPS) is 11.2. The number of non-ortho nitro benzene ring substituents is 1. The summed E-state index contributed by atoms with van der Waals surface area (Å²) in [6, 6.07) is 8.24. The van der Waals surface area contributed by atoms with Crippen LogP contribution in [0, 0.1) is 10.1 Å². The highest BCUT2D eigenvalue weighted by molar-refractivity contribution is 7.25. The second-order valence-electron chi connectivity index (χ2n) is 6.12. The van der Waals surface area contributed by atoms with Crippen LogP contribution in [0.1, 0.15) is 0 Å². The van der Waals surface area contributed by atoms with Crippen molar-refractivity contribution in [2.75, 3.05) is 39.6 Å². The lowest BCUT2D eigenvalue weighted by atomic mass is 10.1. The van der Waals surface area contributed by atoms with Crippen molar-refractivity contribution in [2.24, 2.45) is 0 Å². The summed E-state index contributed by atoms with van der Waals surface area (Å²) in [7, 11) is 5.45. The summed E-state index contributed by atoms with van der Waals surface area (Å²) in [6.07, 6.45) is 0. The molecule has 0 aliphatic heterocycles. The van der Waals surface area contributed by atoms with Gasteiger partial charge in [0.25, 0.3) is 5.69 Å². The third-order valence-electron chi connectivity index (χ3n) is 4.08. The van der Waals surface area contributed by atoms with Gasteiger partial charge in [0.15, 0.2) is 5.43 Å². The molecule has 26 heavy (non-hydrogen) atoms. The average Bonchev–Trinajstić information content (AvgIpc) is 2.61. The van der Waals surface area contributed by atoms with Crippen LogP contribution in [0.25, 0.3) is 20.2 Å². The summed E-state index contributed by atoms with van der Waals surface area (Å²) in [4.78, 5) is 26.1. The van der Waals surface area contributed by atoms with Gasteiger partial charge < -0.3 is 15.0 Å². The van der Waals surface area contributed by atoms with Gasteiger partial charge in [-0.15, -0.1) is 11.3 Å². The minimum Gasteiger partial charge on any atom is -0.497 e. The molecule has 136 valence electrons. The number of nitrogens with zero attached hydrogens (tertiary/aromatic N) is 2. The zero-order valence-corrected chi connectivity index (χ0v) is 15.6. The van der Waals surface area contributed by atoms with Gasteiger partial charge >= 0.3 is 0 Å². The van der Waals surface area contributed by atoms with Crippen molar-refractivity contribution in [3.8, 4) is 5.75 Å². The summed E-state index contributed by atoms with van der Waals surface area (Å²) in [6.45, 7) is 1.40. The largest absolute Gasteiger partial charge is 0.497 e. The lowest BCUT2D eigenvalue weighted by molar-refractivity contribution is -0.382. The Bertz CT molecular complexity index is 1050. The summed E-state index contributed by atoms with van der Waals surface area (Å²) < 4.78 is 6.28. The molecule has 0 saturated heterocycles. The third kappa shape index (κ3) is 3.33. The van der Waals surface area contributed by atoms with Crippen molar-refractivity contribution in [3.05, 3.63) is 50.7 Å². The maximum absolute atomic E-state index is 13.1.